The van der Waals surface area contributed by atoms with E-state index in [4.69, 9.17) is 5.73 Å². The number of nitrogens with two attached hydrogens (primary N) is 1. The van der Waals surface area contributed by atoms with Crippen LogP contribution in [-0.2, 0) is 18.4 Å². The third kappa shape index (κ3) is 4.99. The summed E-state index contributed by atoms with van der Waals surface area (Å²) in [6.07, 6.45) is 2.68. The second-order valence-corrected chi connectivity index (χ2v) is 10.1. The van der Waals surface area contributed by atoms with Crippen LogP contribution in [0.4, 0.5) is 5.69 Å². The third-order valence-electron chi connectivity index (χ3n) is 7.33. The molecule has 0 aliphatic carbocycles. The van der Waals surface area contributed by atoms with Crippen LogP contribution in [0, 0.1) is 0 Å². The van der Waals surface area contributed by atoms with Crippen LogP contribution >= 0.6 is 0 Å². The molecule has 2 aromatic carbocycles. The molecule has 2 aromatic heterocycles. The first kappa shape index (κ1) is 24.7. The number of carbonyl (C=O) groups is 1. The number of aliphatic hydroxyl groups is 1. The Morgan fingerprint density at radius 1 is 1.11 bits per heavy atom. The number of hydrogen-bond acceptors (Lipinski definition) is 6. The lowest BCUT2D eigenvalue weighted by Crippen LogP contribution is -2.49. The smallest absolute Gasteiger partial charge is 0.281 e. The van der Waals surface area contributed by atoms with Crippen molar-refractivity contribution in [2.45, 2.75) is 44.2 Å². The maximum Gasteiger partial charge on any atom is 0.281 e. The summed E-state index contributed by atoms with van der Waals surface area (Å²) < 4.78 is 3.06. The van der Waals surface area contributed by atoms with Gasteiger partial charge in [0.05, 0.1) is 24.2 Å². The van der Waals surface area contributed by atoms with E-state index in [0.29, 0.717) is 49.2 Å². The predicted octanol–water partition coefficient (Wildman–Crippen LogP) is 2.93. The molecule has 1 aliphatic rings. The maximum absolute atomic E-state index is 13.3. The molecule has 192 valence electrons. The highest BCUT2D eigenvalue weighted by molar-refractivity contribution is 5.89. The van der Waals surface area contributed by atoms with Crippen LogP contribution in [0.25, 0.3) is 22.3 Å². The van der Waals surface area contributed by atoms with Crippen molar-refractivity contribution in [3.05, 3.63) is 76.8 Å². The van der Waals surface area contributed by atoms with Crippen molar-refractivity contribution in [3.8, 4) is 11.3 Å². The summed E-state index contributed by atoms with van der Waals surface area (Å²) in [5, 5.41) is 15.7. The van der Waals surface area contributed by atoms with Crippen LogP contribution in [0.2, 0.25) is 0 Å². The molecule has 1 saturated heterocycles. The average molecular weight is 501 g/mol. The van der Waals surface area contributed by atoms with Crippen LogP contribution in [-0.4, -0.2) is 53.9 Å². The number of nitrogen functional groups attached to an aromatic ring is 1. The Morgan fingerprint density at radius 2 is 1.84 bits per heavy atom. The Morgan fingerprint density at radius 3 is 2.54 bits per heavy atom. The van der Waals surface area contributed by atoms with Crippen molar-refractivity contribution in [3.63, 3.8) is 0 Å². The summed E-state index contributed by atoms with van der Waals surface area (Å²) in [6, 6.07) is 17.4. The van der Waals surface area contributed by atoms with E-state index in [-0.39, 0.29) is 29.4 Å². The summed E-state index contributed by atoms with van der Waals surface area (Å²) in [5.74, 6) is 0.211. The Bertz CT molecular complexity index is 1490. The number of rotatable bonds is 6. The van der Waals surface area contributed by atoms with Crippen LogP contribution in [0.1, 0.15) is 37.7 Å². The fourth-order valence-corrected chi connectivity index (χ4v) is 5.16. The summed E-state index contributed by atoms with van der Waals surface area (Å²) in [5.41, 5.74) is 8.56. The maximum atomic E-state index is 13.3. The van der Waals surface area contributed by atoms with E-state index >= 15 is 0 Å². The van der Waals surface area contributed by atoms with Crippen LogP contribution in [0.3, 0.4) is 0 Å². The Hall–Kier alpha value is -3.98. The van der Waals surface area contributed by atoms with Crippen molar-refractivity contribution < 1.29 is 9.90 Å². The van der Waals surface area contributed by atoms with E-state index in [2.05, 4.69) is 17.0 Å². The van der Waals surface area contributed by atoms with Gasteiger partial charge in [0.15, 0.2) is 5.52 Å². The highest BCUT2D eigenvalue weighted by atomic mass is 16.3. The number of nitrogens with zero attached hydrogens (tertiary/aromatic N) is 5. The average Bonchev–Trinajstić information content (AvgIpc) is 3.23. The summed E-state index contributed by atoms with van der Waals surface area (Å²) in [4.78, 5) is 32.5. The quantitative estimate of drug-likeness (QED) is 0.393. The van der Waals surface area contributed by atoms with E-state index in [9.17, 15) is 14.7 Å². The van der Waals surface area contributed by atoms with Gasteiger partial charge >= 0.3 is 0 Å². The van der Waals surface area contributed by atoms with Crippen molar-refractivity contribution in [2.75, 3.05) is 18.8 Å². The minimum Gasteiger partial charge on any atom is -0.399 e. The lowest BCUT2D eigenvalue weighted by Gasteiger charge is -2.38. The molecule has 9 nitrogen and oxygen atoms in total. The van der Waals surface area contributed by atoms with Gasteiger partial charge in [0.25, 0.3) is 5.56 Å². The van der Waals surface area contributed by atoms with Crippen molar-refractivity contribution in [2.24, 2.45) is 7.05 Å². The number of anilines is 1. The zero-order valence-electron chi connectivity index (χ0n) is 21.2. The molecule has 1 fully saturated rings. The Labute approximate surface area is 215 Å². The molecule has 0 saturated carbocycles. The molecule has 1 amide bonds. The van der Waals surface area contributed by atoms with Gasteiger partial charge < -0.3 is 15.7 Å². The molecule has 9 heteroatoms. The van der Waals surface area contributed by atoms with Gasteiger partial charge in [-0.05, 0) is 36.5 Å². The van der Waals surface area contributed by atoms with Gasteiger partial charge in [0.2, 0.25) is 5.91 Å². The summed E-state index contributed by atoms with van der Waals surface area (Å²) >= 11 is 0. The SMILES string of the molecule is C[C@H](CC(=O)N1CCC(O)(Cn2cnc3c(-c4cccc(N)c4)n(C)nc3c2=O)CC1)c1ccccc1. The van der Waals surface area contributed by atoms with Gasteiger partial charge in [-0.3, -0.25) is 18.8 Å². The lowest BCUT2D eigenvalue weighted by atomic mass is 9.90. The zero-order chi connectivity index (χ0) is 26.2. The number of amides is 1. The highest BCUT2D eigenvalue weighted by Crippen LogP contribution is 2.28. The lowest BCUT2D eigenvalue weighted by molar-refractivity contribution is -0.136. The predicted molar refractivity (Wildman–Crippen MR) is 143 cm³/mol. The minimum atomic E-state index is -1.10. The molecule has 3 N–H and O–H groups in total. The molecule has 0 radical (unpaired) electrons. The van der Waals surface area contributed by atoms with E-state index in [0.717, 1.165) is 11.1 Å². The molecule has 4 aromatic rings. The standard InChI is InChI=1S/C28H32N6O3/c1-19(20-7-4-3-5-8-20)15-23(35)33-13-11-28(37,12-14-33)17-34-18-30-24-25(27(34)36)31-32(2)26(24)21-9-6-10-22(29)16-21/h3-10,16,18-19,37H,11-15,17,29H2,1-2H3/t19-/m1/s1. The van der Waals surface area contributed by atoms with Gasteiger partial charge in [-0.2, -0.15) is 5.10 Å². The molecule has 0 spiro atoms. The largest absolute Gasteiger partial charge is 0.399 e. The first-order valence-electron chi connectivity index (χ1n) is 12.6. The van der Waals surface area contributed by atoms with Crippen LogP contribution in [0.5, 0.6) is 0 Å². The Kier molecular flexibility index (Phi) is 6.55. The van der Waals surface area contributed by atoms with Crippen LogP contribution < -0.4 is 11.3 Å². The number of piperidine rings is 1. The molecule has 1 aliphatic heterocycles. The van der Waals surface area contributed by atoms with Crippen LogP contribution in [0.15, 0.2) is 65.7 Å². The first-order valence-corrected chi connectivity index (χ1v) is 12.6. The topological polar surface area (TPSA) is 119 Å². The van der Waals surface area contributed by atoms with E-state index < -0.39 is 5.60 Å². The number of carbonyl (C=O) groups excluding carboxylic acids is 1. The third-order valence-corrected chi connectivity index (χ3v) is 7.33. The fourth-order valence-electron chi connectivity index (χ4n) is 5.16. The number of fused-ring (bicyclic) bond motifs is 1. The Balaban J connectivity index is 1.28. The molecular weight excluding hydrogens is 468 g/mol. The van der Waals surface area contributed by atoms with Gasteiger partial charge in [0.1, 0.15) is 5.52 Å². The number of hydrogen-bond donors (Lipinski definition) is 2. The normalized spacial score (nSPS) is 16.1. The number of aromatic nitrogens is 4. The zero-order valence-corrected chi connectivity index (χ0v) is 21.2. The molecule has 3 heterocycles. The summed E-state index contributed by atoms with van der Waals surface area (Å²) in [7, 11) is 1.77. The first-order chi connectivity index (χ1) is 17.7. The molecule has 0 unspecified atom stereocenters. The molecule has 1 atom stereocenters. The summed E-state index contributed by atoms with van der Waals surface area (Å²) in [6.45, 7) is 3.05. The van der Waals surface area contributed by atoms with E-state index in [1.165, 1.54) is 10.9 Å². The molecule has 0 bridgehead atoms. The fraction of sp³-hybridized carbons (Fsp3) is 0.357. The van der Waals surface area contributed by atoms with Gasteiger partial charge in [-0.25, -0.2) is 4.98 Å². The number of likely N-dealkylation sites (tertiary alicyclic amines) is 1. The van der Waals surface area contributed by atoms with E-state index in [1.54, 1.807) is 17.8 Å². The van der Waals surface area contributed by atoms with Gasteiger partial charge in [0, 0.05) is 37.8 Å². The van der Waals surface area contributed by atoms with Crippen molar-refractivity contribution in [1.29, 1.82) is 0 Å². The van der Waals surface area contributed by atoms with Gasteiger partial charge in [-0.1, -0.05) is 49.4 Å². The molecule has 5 rings (SSSR count). The second kappa shape index (κ2) is 9.82. The monoisotopic (exact) mass is 500 g/mol. The number of aryl methyl sites for hydroxylation is 1. The number of benzene rings is 2. The van der Waals surface area contributed by atoms with E-state index in [1.807, 2.05) is 53.4 Å². The highest BCUT2D eigenvalue weighted by Gasteiger charge is 2.35. The molecule has 37 heavy (non-hydrogen) atoms. The second-order valence-electron chi connectivity index (χ2n) is 10.1. The van der Waals surface area contributed by atoms with Crippen molar-refractivity contribution >= 4 is 22.6 Å². The molecular formula is C28H32N6O3. The van der Waals surface area contributed by atoms with Gasteiger partial charge in [-0.15, -0.1) is 0 Å². The van der Waals surface area contributed by atoms with Crippen molar-refractivity contribution in [1.82, 2.24) is 24.2 Å². The minimum absolute atomic E-state index is 0.0845.